The molecule has 2 nitrogen and oxygen atoms in total. The second-order valence-corrected chi connectivity index (χ2v) is 2.72. The maximum absolute atomic E-state index is 12.7. The number of hydrogen-bond donors (Lipinski definition) is 1. The molecule has 1 aromatic carbocycles. The minimum absolute atomic E-state index is 0.335. The van der Waals surface area contributed by atoms with Crippen molar-refractivity contribution in [3.05, 3.63) is 29.6 Å². The van der Waals surface area contributed by atoms with Gasteiger partial charge in [-0.05, 0) is 17.7 Å². The molecule has 0 aliphatic carbocycles. The van der Waals surface area contributed by atoms with Crippen LogP contribution in [0.3, 0.4) is 0 Å². The first-order chi connectivity index (χ1) is 5.65. The molecule has 1 atom stereocenters. The molecule has 1 aromatic rings. The van der Waals surface area contributed by atoms with Crippen molar-refractivity contribution in [2.45, 2.75) is 5.38 Å². The van der Waals surface area contributed by atoms with E-state index in [0.29, 0.717) is 11.8 Å². The lowest BCUT2D eigenvalue weighted by Gasteiger charge is -2.02. The van der Waals surface area contributed by atoms with E-state index >= 15 is 0 Å². The molecular weight excluding hydrogens is 183 g/mol. The Kier molecular flexibility index (Phi) is 2.65. The van der Waals surface area contributed by atoms with Crippen LogP contribution in [0.2, 0.25) is 0 Å². The molecule has 0 heterocycles. The van der Waals surface area contributed by atoms with Gasteiger partial charge in [-0.1, -0.05) is 6.07 Å². The molecule has 0 aliphatic heterocycles. The third-order valence-corrected chi connectivity index (χ3v) is 1.76. The van der Waals surface area contributed by atoms with Gasteiger partial charge in [0.15, 0.2) is 11.6 Å². The highest BCUT2D eigenvalue weighted by Gasteiger charge is 2.08. The van der Waals surface area contributed by atoms with Crippen LogP contribution in [0, 0.1) is 5.82 Å². The zero-order valence-corrected chi connectivity index (χ0v) is 6.75. The minimum atomic E-state index is -0.861. The van der Waals surface area contributed by atoms with Crippen molar-refractivity contribution >= 4 is 17.9 Å². The third-order valence-electron chi connectivity index (χ3n) is 1.41. The molecule has 0 bridgehead atoms. The van der Waals surface area contributed by atoms with Crippen molar-refractivity contribution in [3.63, 3.8) is 0 Å². The molecule has 12 heavy (non-hydrogen) atoms. The lowest BCUT2D eigenvalue weighted by Crippen LogP contribution is -1.91. The van der Waals surface area contributed by atoms with Crippen LogP contribution in [0.1, 0.15) is 10.9 Å². The Morgan fingerprint density at radius 2 is 2.25 bits per heavy atom. The number of halogens is 2. The highest BCUT2D eigenvalue weighted by atomic mass is 35.5. The maximum Gasteiger partial charge on any atom is 0.165 e. The molecule has 1 N–H and O–H groups in total. The first-order valence-electron chi connectivity index (χ1n) is 3.23. The van der Waals surface area contributed by atoms with Gasteiger partial charge in [0.05, 0.1) is 0 Å². The summed E-state index contributed by atoms with van der Waals surface area (Å²) in [6.07, 6.45) is 0.493. The van der Waals surface area contributed by atoms with Crippen molar-refractivity contribution in [3.8, 4) is 5.75 Å². The number of hydrogen-bond acceptors (Lipinski definition) is 2. The Balaban J connectivity index is 3.04. The summed E-state index contributed by atoms with van der Waals surface area (Å²) >= 11 is 5.50. The van der Waals surface area contributed by atoms with Gasteiger partial charge in [0.1, 0.15) is 11.7 Å². The average molecular weight is 189 g/mol. The van der Waals surface area contributed by atoms with Crippen molar-refractivity contribution in [1.82, 2.24) is 0 Å². The average Bonchev–Trinajstić information content (AvgIpc) is 2.08. The van der Waals surface area contributed by atoms with E-state index in [9.17, 15) is 9.18 Å². The molecule has 0 aliphatic rings. The van der Waals surface area contributed by atoms with Gasteiger partial charge in [0, 0.05) is 0 Å². The quantitative estimate of drug-likeness (QED) is 0.570. The smallest absolute Gasteiger partial charge is 0.165 e. The van der Waals surface area contributed by atoms with Crippen LogP contribution in [0.4, 0.5) is 4.39 Å². The van der Waals surface area contributed by atoms with Crippen LogP contribution in [-0.4, -0.2) is 11.4 Å². The van der Waals surface area contributed by atoms with Gasteiger partial charge in [-0.25, -0.2) is 4.39 Å². The predicted molar refractivity (Wildman–Crippen MR) is 42.7 cm³/mol. The number of benzene rings is 1. The largest absolute Gasteiger partial charge is 0.505 e. The summed E-state index contributed by atoms with van der Waals surface area (Å²) in [5.74, 6) is -1.23. The maximum atomic E-state index is 12.7. The minimum Gasteiger partial charge on any atom is -0.505 e. The van der Waals surface area contributed by atoms with Crippen LogP contribution in [-0.2, 0) is 4.79 Å². The van der Waals surface area contributed by atoms with E-state index in [2.05, 4.69) is 0 Å². The number of carbonyl (C=O) groups is 1. The molecule has 0 aromatic heterocycles. The molecule has 1 rings (SSSR count). The predicted octanol–water partition coefficient (Wildman–Crippen LogP) is 2.01. The van der Waals surface area contributed by atoms with E-state index in [1.165, 1.54) is 6.07 Å². The standard InChI is InChI=1S/C8H6ClFO2/c9-6(4-11)5-1-2-8(12)7(10)3-5/h1-4,6,12H. The molecule has 0 spiro atoms. The molecule has 64 valence electrons. The number of carbonyl (C=O) groups excluding carboxylic acids is 1. The Labute approximate surface area is 73.6 Å². The van der Waals surface area contributed by atoms with Gasteiger partial charge in [-0.15, -0.1) is 11.6 Å². The summed E-state index contributed by atoms with van der Waals surface area (Å²) in [6.45, 7) is 0. The summed E-state index contributed by atoms with van der Waals surface area (Å²) in [4.78, 5) is 10.2. The molecule has 0 radical (unpaired) electrons. The summed E-state index contributed by atoms with van der Waals surface area (Å²) in [5, 5.41) is 7.93. The fourth-order valence-corrected chi connectivity index (χ4v) is 0.909. The van der Waals surface area contributed by atoms with Gasteiger partial charge in [0.25, 0.3) is 0 Å². The van der Waals surface area contributed by atoms with Crippen molar-refractivity contribution in [2.24, 2.45) is 0 Å². The van der Waals surface area contributed by atoms with Gasteiger partial charge in [0.2, 0.25) is 0 Å². The van der Waals surface area contributed by atoms with Gasteiger partial charge in [-0.2, -0.15) is 0 Å². The number of phenols is 1. The van der Waals surface area contributed by atoms with E-state index < -0.39 is 16.9 Å². The molecule has 4 heteroatoms. The Morgan fingerprint density at radius 3 is 2.75 bits per heavy atom. The van der Waals surface area contributed by atoms with Crippen molar-refractivity contribution in [1.29, 1.82) is 0 Å². The fourth-order valence-electron chi connectivity index (χ4n) is 0.773. The molecule has 0 saturated carbocycles. The highest BCUT2D eigenvalue weighted by molar-refractivity contribution is 6.27. The second-order valence-electron chi connectivity index (χ2n) is 2.25. The van der Waals surface area contributed by atoms with E-state index in [0.717, 1.165) is 12.1 Å². The number of phenolic OH excluding ortho intramolecular Hbond substituents is 1. The third kappa shape index (κ3) is 1.74. The summed E-state index contributed by atoms with van der Waals surface area (Å²) < 4.78 is 12.7. The Morgan fingerprint density at radius 1 is 1.58 bits per heavy atom. The molecule has 0 fully saturated rings. The zero-order valence-electron chi connectivity index (χ0n) is 6.00. The van der Waals surface area contributed by atoms with Crippen LogP contribution in [0.5, 0.6) is 5.75 Å². The summed E-state index contributed by atoms with van der Waals surface area (Å²) in [7, 11) is 0. The van der Waals surface area contributed by atoms with E-state index in [1.54, 1.807) is 0 Å². The van der Waals surface area contributed by atoms with E-state index in [-0.39, 0.29) is 0 Å². The first-order valence-corrected chi connectivity index (χ1v) is 3.66. The topological polar surface area (TPSA) is 37.3 Å². The normalized spacial score (nSPS) is 12.5. The molecule has 0 saturated heterocycles. The van der Waals surface area contributed by atoms with E-state index in [1.807, 2.05) is 0 Å². The van der Waals surface area contributed by atoms with Crippen LogP contribution in [0.25, 0.3) is 0 Å². The lowest BCUT2D eigenvalue weighted by molar-refractivity contribution is -0.107. The Hall–Kier alpha value is -1.09. The van der Waals surface area contributed by atoms with E-state index in [4.69, 9.17) is 16.7 Å². The number of alkyl halides is 1. The van der Waals surface area contributed by atoms with Crippen molar-refractivity contribution in [2.75, 3.05) is 0 Å². The molecule has 1 unspecified atom stereocenters. The summed E-state index contributed by atoms with van der Waals surface area (Å²) in [6, 6.07) is 3.58. The van der Waals surface area contributed by atoms with Gasteiger partial charge < -0.3 is 9.90 Å². The Bertz CT molecular complexity index is 301. The van der Waals surface area contributed by atoms with Crippen molar-refractivity contribution < 1.29 is 14.3 Å². The second kappa shape index (κ2) is 3.54. The number of rotatable bonds is 2. The molecule has 0 amide bonds. The van der Waals surface area contributed by atoms with Gasteiger partial charge in [-0.3, -0.25) is 0 Å². The number of aromatic hydroxyl groups is 1. The van der Waals surface area contributed by atoms with Crippen LogP contribution in [0.15, 0.2) is 18.2 Å². The first kappa shape index (κ1) is 9.00. The highest BCUT2D eigenvalue weighted by Crippen LogP contribution is 2.23. The summed E-state index contributed by atoms with van der Waals surface area (Å²) in [5.41, 5.74) is 0.335. The molecular formula is C8H6ClFO2. The fraction of sp³-hybridized carbons (Fsp3) is 0.125. The van der Waals surface area contributed by atoms with Crippen LogP contribution < -0.4 is 0 Å². The van der Waals surface area contributed by atoms with Gasteiger partial charge >= 0.3 is 0 Å². The van der Waals surface area contributed by atoms with Crippen LogP contribution >= 0.6 is 11.6 Å². The lowest BCUT2D eigenvalue weighted by atomic mass is 10.1. The zero-order chi connectivity index (χ0) is 9.14. The number of aldehydes is 1. The SMILES string of the molecule is O=CC(Cl)c1ccc(O)c(F)c1. The monoisotopic (exact) mass is 188 g/mol.